The van der Waals surface area contributed by atoms with Crippen LogP contribution in [-0.4, -0.2) is 18.8 Å². The number of aromatic nitrogens is 1. The summed E-state index contributed by atoms with van der Waals surface area (Å²) in [5.74, 6) is 1.42. The molecule has 0 bridgehead atoms. The van der Waals surface area contributed by atoms with Gasteiger partial charge in [0.05, 0.1) is 19.9 Å². The van der Waals surface area contributed by atoms with E-state index in [1.54, 1.807) is 18.8 Å². The number of hydrogen-bond acceptors (Lipinski definition) is 3. The quantitative estimate of drug-likeness (QED) is 0.854. The highest BCUT2D eigenvalue weighted by Gasteiger charge is 2.22. The van der Waals surface area contributed by atoms with E-state index < -0.39 is 0 Å². The molecule has 0 amide bonds. The fourth-order valence-electron chi connectivity index (χ4n) is 2.72. The van der Waals surface area contributed by atoms with Crippen molar-refractivity contribution in [1.29, 1.82) is 0 Å². The standard InChI is InChI=1S/C15H14ClNO3/c1-19-13-4-3-10-11(15(13)20-2)5-6-17-12(10)7-9(16)8-14(17)18/h3-4,7-8H,5-6H2,1-2H3. The molecule has 0 saturated heterocycles. The lowest BCUT2D eigenvalue weighted by Gasteiger charge is -2.24. The van der Waals surface area contributed by atoms with E-state index in [-0.39, 0.29) is 5.56 Å². The van der Waals surface area contributed by atoms with Crippen molar-refractivity contribution in [3.8, 4) is 22.8 Å². The SMILES string of the molecule is COc1ccc2c(c1OC)CCn1c-2cc(Cl)cc1=O. The third-order valence-corrected chi connectivity index (χ3v) is 3.82. The number of rotatable bonds is 2. The normalized spacial score (nSPS) is 12.6. The van der Waals surface area contributed by atoms with Crippen LogP contribution in [0.15, 0.2) is 29.1 Å². The molecule has 2 aromatic rings. The van der Waals surface area contributed by atoms with Crippen molar-refractivity contribution in [3.63, 3.8) is 0 Å². The maximum absolute atomic E-state index is 12.0. The van der Waals surface area contributed by atoms with Crippen LogP contribution in [0.2, 0.25) is 5.02 Å². The van der Waals surface area contributed by atoms with Crippen LogP contribution in [0.25, 0.3) is 11.3 Å². The Hall–Kier alpha value is -1.94. The Morgan fingerprint density at radius 1 is 1.20 bits per heavy atom. The van der Waals surface area contributed by atoms with Gasteiger partial charge in [0.2, 0.25) is 0 Å². The van der Waals surface area contributed by atoms with Gasteiger partial charge in [-0.05, 0) is 24.6 Å². The van der Waals surface area contributed by atoms with Crippen LogP contribution < -0.4 is 15.0 Å². The van der Waals surface area contributed by atoms with E-state index in [2.05, 4.69) is 0 Å². The largest absolute Gasteiger partial charge is 0.493 e. The van der Waals surface area contributed by atoms with Gasteiger partial charge < -0.3 is 14.0 Å². The molecule has 0 radical (unpaired) electrons. The summed E-state index contributed by atoms with van der Waals surface area (Å²) in [7, 11) is 3.24. The molecule has 0 saturated carbocycles. The molecule has 3 rings (SSSR count). The number of nitrogens with zero attached hydrogens (tertiary/aromatic N) is 1. The van der Waals surface area contributed by atoms with Crippen LogP contribution in [0.1, 0.15) is 5.56 Å². The summed E-state index contributed by atoms with van der Waals surface area (Å²) in [6.07, 6.45) is 0.726. The fourth-order valence-corrected chi connectivity index (χ4v) is 2.92. The number of methoxy groups -OCH3 is 2. The molecule has 1 aliphatic heterocycles. The molecule has 0 atom stereocenters. The highest BCUT2D eigenvalue weighted by Crippen LogP contribution is 2.40. The Morgan fingerprint density at radius 2 is 2.00 bits per heavy atom. The fraction of sp³-hybridized carbons (Fsp3) is 0.267. The predicted octanol–water partition coefficient (Wildman–Crippen LogP) is 2.74. The van der Waals surface area contributed by atoms with Crippen molar-refractivity contribution >= 4 is 11.6 Å². The first-order chi connectivity index (χ1) is 9.65. The molecule has 104 valence electrons. The van der Waals surface area contributed by atoms with Crippen LogP contribution in [0, 0.1) is 0 Å². The molecule has 5 heteroatoms. The maximum atomic E-state index is 12.0. The van der Waals surface area contributed by atoms with Gasteiger partial charge in [-0.1, -0.05) is 11.6 Å². The first-order valence-electron chi connectivity index (χ1n) is 6.30. The Kier molecular flexibility index (Phi) is 3.18. The van der Waals surface area contributed by atoms with E-state index in [1.807, 2.05) is 18.2 Å². The minimum Gasteiger partial charge on any atom is -0.493 e. The zero-order valence-corrected chi connectivity index (χ0v) is 12.0. The Balaban J connectivity index is 2.30. The van der Waals surface area contributed by atoms with Crippen LogP contribution >= 0.6 is 11.6 Å². The lowest BCUT2D eigenvalue weighted by Crippen LogP contribution is -2.25. The molecule has 0 unspecified atom stereocenters. The molecule has 0 aliphatic carbocycles. The van der Waals surface area contributed by atoms with Gasteiger partial charge in [0.25, 0.3) is 5.56 Å². The third kappa shape index (κ3) is 1.88. The molecule has 0 spiro atoms. The molecule has 2 heterocycles. The van der Waals surface area contributed by atoms with E-state index in [4.69, 9.17) is 21.1 Å². The Morgan fingerprint density at radius 3 is 2.70 bits per heavy atom. The number of halogens is 1. The van der Waals surface area contributed by atoms with E-state index in [0.717, 1.165) is 29.0 Å². The lowest BCUT2D eigenvalue weighted by atomic mass is 9.96. The summed E-state index contributed by atoms with van der Waals surface area (Å²) in [6, 6.07) is 7.04. The van der Waals surface area contributed by atoms with Gasteiger partial charge in [-0.3, -0.25) is 4.79 Å². The molecule has 1 aromatic carbocycles. The van der Waals surface area contributed by atoms with Crippen molar-refractivity contribution in [2.24, 2.45) is 0 Å². The first kappa shape index (κ1) is 13.1. The summed E-state index contributed by atoms with van der Waals surface area (Å²) in [4.78, 5) is 12.0. The molecule has 1 aromatic heterocycles. The van der Waals surface area contributed by atoms with Gasteiger partial charge in [-0.25, -0.2) is 0 Å². The van der Waals surface area contributed by atoms with Gasteiger partial charge in [0.1, 0.15) is 0 Å². The van der Waals surface area contributed by atoms with E-state index >= 15 is 0 Å². The number of hydrogen-bond donors (Lipinski definition) is 0. The molecule has 4 nitrogen and oxygen atoms in total. The summed E-state index contributed by atoms with van der Waals surface area (Å²) < 4.78 is 12.5. The summed E-state index contributed by atoms with van der Waals surface area (Å²) in [6.45, 7) is 0.613. The van der Waals surface area contributed by atoms with Crippen LogP contribution in [-0.2, 0) is 13.0 Å². The maximum Gasteiger partial charge on any atom is 0.252 e. The summed E-state index contributed by atoms with van der Waals surface area (Å²) in [5, 5.41) is 0.448. The molecular weight excluding hydrogens is 278 g/mol. The second-order valence-electron chi connectivity index (χ2n) is 4.63. The number of fused-ring (bicyclic) bond motifs is 3. The monoisotopic (exact) mass is 291 g/mol. The van der Waals surface area contributed by atoms with Gasteiger partial charge >= 0.3 is 0 Å². The minimum atomic E-state index is -0.0760. The topological polar surface area (TPSA) is 40.5 Å². The highest BCUT2D eigenvalue weighted by atomic mass is 35.5. The van der Waals surface area contributed by atoms with Gasteiger partial charge in [-0.2, -0.15) is 0 Å². The number of pyridine rings is 1. The van der Waals surface area contributed by atoms with Gasteiger partial charge in [0.15, 0.2) is 11.5 Å². The zero-order valence-electron chi connectivity index (χ0n) is 11.3. The van der Waals surface area contributed by atoms with Crippen molar-refractivity contribution in [2.75, 3.05) is 14.2 Å². The number of benzene rings is 1. The van der Waals surface area contributed by atoms with Gasteiger partial charge in [0, 0.05) is 28.8 Å². The zero-order chi connectivity index (χ0) is 14.3. The van der Waals surface area contributed by atoms with Crippen molar-refractivity contribution < 1.29 is 9.47 Å². The van der Waals surface area contributed by atoms with Crippen LogP contribution in [0.3, 0.4) is 0 Å². The van der Waals surface area contributed by atoms with Crippen LogP contribution in [0.5, 0.6) is 11.5 Å². The van der Waals surface area contributed by atoms with E-state index in [1.165, 1.54) is 6.07 Å². The van der Waals surface area contributed by atoms with Gasteiger partial charge in [-0.15, -0.1) is 0 Å². The summed E-state index contributed by atoms with van der Waals surface area (Å²) in [5.41, 5.74) is 2.76. The second-order valence-corrected chi connectivity index (χ2v) is 5.06. The minimum absolute atomic E-state index is 0.0760. The first-order valence-corrected chi connectivity index (χ1v) is 6.68. The van der Waals surface area contributed by atoms with Crippen molar-refractivity contribution in [2.45, 2.75) is 13.0 Å². The Labute approximate surface area is 121 Å². The average molecular weight is 292 g/mol. The van der Waals surface area contributed by atoms with Crippen molar-refractivity contribution in [3.05, 3.63) is 45.2 Å². The van der Waals surface area contributed by atoms with Crippen LogP contribution in [0.4, 0.5) is 0 Å². The molecule has 0 fully saturated rings. The highest BCUT2D eigenvalue weighted by molar-refractivity contribution is 6.30. The third-order valence-electron chi connectivity index (χ3n) is 3.60. The smallest absolute Gasteiger partial charge is 0.252 e. The molecular formula is C15H14ClNO3. The molecule has 0 N–H and O–H groups in total. The van der Waals surface area contributed by atoms with Crippen molar-refractivity contribution in [1.82, 2.24) is 4.57 Å². The predicted molar refractivity (Wildman–Crippen MR) is 78.0 cm³/mol. The average Bonchev–Trinajstić information content (AvgIpc) is 2.45. The number of ether oxygens (including phenoxy) is 2. The summed E-state index contributed by atoms with van der Waals surface area (Å²) >= 11 is 6.01. The second kappa shape index (κ2) is 4.87. The molecule has 20 heavy (non-hydrogen) atoms. The molecule has 1 aliphatic rings. The lowest BCUT2D eigenvalue weighted by molar-refractivity contribution is 0.350. The Bertz CT molecular complexity index is 737. The van der Waals surface area contributed by atoms with E-state index in [9.17, 15) is 4.79 Å². The van der Waals surface area contributed by atoms with E-state index in [0.29, 0.717) is 17.3 Å².